The lowest BCUT2D eigenvalue weighted by atomic mass is 9.86. The van der Waals surface area contributed by atoms with Gasteiger partial charge in [0.2, 0.25) is 0 Å². The van der Waals surface area contributed by atoms with Crippen LogP contribution in [-0.4, -0.2) is 40.8 Å². The molecular formula is C19H19F3N4O. The van der Waals surface area contributed by atoms with Crippen LogP contribution >= 0.6 is 0 Å². The molecule has 5 nitrogen and oxygen atoms in total. The van der Waals surface area contributed by atoms with Gasteiger partial charge in [0, 0.05) is 25.5 Å². The van der Waals surface area contributed by atoms with Gasteiger partial charge in [0.05, 0.1) is 5.56 Å². The van der Waals surface area contributed by atoms with E-state index in [2.05, 4.69) is 10.4 Å². The molecule has 3 aliphatic heterocycles. The summed E-state index contributed by atoms with van der Waals surface area (Å²) in [5.74, 6) is -0.390. The number of halogens is 3. The van der Waals surface area contributed by atoms with E-state index in [1.165, 1.54) is 6.07 Å². The van der Waals surface area contributed by atoms with Gasteiger partial charge in [0.25, 0.3) is 5.91 Å². The van der Waals surface area contributed by atoms with Crippen LogP contribution in [-0.2, 0) is 11.0 Å². The summed E-state index contributed by atoms with van der Waals surface area (Å²) in [7, 11) is 0. The molecule has 1 N–H and O–H groups in total. The highest BCUT2D eigenvalue weighted by atomic mass is 19.4. The highest BCUT2D eigenvalue weighted by Gasteiger charge is 2.36. The number of fused-ring (bicyclic) bond motifs is 1. The molecule has 27 heavy (non-hydrogen) atoms. The number of rotatable bonds is 2. The number of benzene rings is 1. The molecular weight excluding hydrogens is 357 g/mol. The lowest BCUT2D eigenvalue weighted by molar-refractivity contribution is -0.138. The fourth-order valence-electron chi connectivity index (χ4n) is 3.75. The van der Waals surface area contributed by atoms with Crippen LogP contribution in [0.15, 0.2) is 53.9 Å². The van der Waals surface area contributed by atoms with Crippen LogP contribution in [0.1, 0.15) is 29.9 Å². The molecule has 3 aliphatic rings. The maximum atomic E-state index is 13.3. The maximum Gasteiger partial charge on any atom is 0.416 e. The van der Waals surface area contributed by atoms with Crippen LogP contribution in [0.4, 0.5) is 13.2 Å². The van der Waals surface area contributed by atoms with Crippen molar-refractivity contribution in [1.29, 1.82) is 0 Å². The second-order valence-corrected chi connectivity index (χ2v) is 6.80. The maximum absolute atomic E-state index is 13.3. The van der Waals surface area contributed by atoms with Crippen LogP contribution in [0.3, 0.4) is 0 Å². The summed E-state index contributed by atoms with van der Waals surface area (Å²) in [5, 5.41) is 9.06. The molecule has 0 saturated carbocycles. The summed E-state index contributed by atoms with van der Waals surface area (Å²) < 4.78 is 39.8. The van der Waals surface area contributed by atoms with Crippen molar-refractivity contribution in [2.45, 2.75) is 31.1 Å². The van der Waals surface area contributed by atoms with Crippen LogP contribution < -0.4 is 5.32 Å². The Bertz CT molecular complexity index is 822. The van der Waals surface area contributed by atoms with Gasteiger partial charge < -0.3 is 10.2 Å². The molecule has 4 rings (SSSR count). The van der Waals surface area contributed by atoms with Crippen molar-refractivity contribution in [2.24, 2.45) is 5.10 Å². The topological polar surface area (TPSA) is 47.9 Å². The number of carbonyl (C=O) groups is 1. The minimum atomic E-state index is -4.36. The number of amides is 1. The summed E-state index contributed by atoms with van der Waals surface area (Å²) in [6, 6.07) is 5.72. The molecule has 0 radical (unpaired) electrons. The Morgan fingerprint density at radius 2 is 1.93 bits per heavy atom. The zero-order valence-corrected chi connectivity index (χ0v) is 14.5. The molecule has 3 heterocycles. The average Bonchev–Trinajstić information content (AvgIpc) is 3.15. The molecule has 0 bridgehead atoms. The second-order valence-electron chi connectivity index (χ2n) is 6.80. The third-order valence-electron chi connectivity index (χ3n) is 5.15. The number of nitrogens with one attached hydrogen (secondary N) is 1. The molecule has 1 aromatic carbocycles. The Balaban J connectivity index is 1.43. The van der Waals surface area contributed by atoms with Crippen molar-refractivity contribution in [1.82, 2.24) is 15.2 Å². The molecule has 1 unspecified atom stereocenters. The zero-order chi connectivity index (χ0) is 19.0. The average molecular weight is 376 g/mol. The minimum Gasteiger partial charge on any atom is -0.365 e. The number of hydrazone groups is 1. The molecule has 1 atom stereocenters. The highest BCUT2D eigenvalue weighted by Crippen LogP contribution is 2.38. The first kappa shape index (κ1) is 17.6. The van der Waals surface area contributed by atoms with Crippen LogP contribution in [0.25, 0.3) is 0 Å². The van der Waals surface area contributed by atoms with E-state index in [0.717, 1.165) is 6.07 Å². The van der Waals surface area contributed by atoms with Gasteiger partial charge in [0.15, 0.2) is 0 Å². The largest absolute Gasteiger partial charge is 0.416 e. The SMILES string of the molecule is O=C(C1=NN2C=CNC2C=C1)N1CCC(c2ccccc2C(F)(F)F)CC1. The summed E-state index contributed by atoms with van der Waals surface area (Å²) >= 11 is 0. The molecule has 0 spiro atoms. The first-order chi connectivity index (χ1) is 12.9. The van der Waals surface area contributed by atoms with Gasteiger partial charge in [-0.1, -0.05) is 18.2 Å². The van der Waals surface area contributed by atoms with Gasteiger partial charge in [-0.25, -0.2) is 5.01 Å². The van der Waals surface area contributed by atoms with Crippen molar-refractivity contribution in [3.63, 3.8) is 0 Å². The van der Waals surface area contributed by atoms with Gasteiger partial charge in [-0.05, 0) is 42.5 Å². The molecule has 0 aliphatic carbocycles. The van der Waals surface area contributed by atoms with E-state index in [9.17, 15) is 18.0 Å². The van der Waals surface area contributed by atoms with E-state index in [4.69, 9.17) is 0 Å². The molecule has 8 heteroatoms. The van der Waals surface area contributed by atoms with Gasteiger partial charge in [-0.3, -0.25) is 4.79 Å². The van der Waals surface area contributed by atoms with E-state index in [0.29, 0.717) is 37.2 Å². The van der Waals surface area contributed by atoms with Gasteiger partial charge in [-0.15, -0.1) is 0 Å². The Kier molecular flexibility index (Phi) is 4.41. The van der Waals surface area contributed by atoms with Gasteiger partial charge in [-0.2, -0.15) is 18.3 Å². The van der Waals surface area contributed by atoms with Crippen LogP contribution in [0.5, 0.6) is 0 Å². The smallest absolute Gasteiger partial charge is 0.365 e. The third kappa shape index (κ3) is 3.43. The van der Waals surface area contributed by atoms with E-state index in [-0.39, 0.29) is 18.0 Å². The normalized spacial score (nSPS) is 22.5. The number of hydrogen-bond acceptors (Lipinski definition) is 4. The number of carbonyl (C=O) groups excluding carboxylic acids is 1. The molecule has 1 amide bonds. The summed E-state index contributed by atoms with van der Waals surface area (Å²) in [5.41, 5.74) is 0.0885. The number of hydrogen-bond donors (Lipinski definition) is 1. The Labute approximate surface area is 154 Å². The van der Waals surface area contributed by atoms with E-state index in [1.807, 2.05) is 6.08 Å². The van der Waals surface area contributed by atoms with Crippen molar-refractivity contribution < 1.29 is 18.0 Å². The number of likely N-dealkylation sites (tertiary alicyclic amines) is 1. The van der Waals surface area contributed by atoms with Crippen molar-refractivity contribution in [3.8, 4) is 0 Å². The number of alkyl halides is 3. The fourth-order valence-corrected chi connectivity index (χ4v) is 3.75. The van der Waals surface area contributed by atoms with Gasteiger partial charge >= 0.3 is 6.18 Å². The van der Waals surface area contributed by atoms with Gasteiger partial charge in [0.1, 0.15) is 11.9 Å². The predicted octanol–water partition coefficient (Wildman–Crippen LogP) is 3.04. The van der Waals surface area contributed by atoms with E-state index in [1.54, 1.807) is 40.5 Å². The van der Waals surface area contributed by atoms with E-state index >= 15 is 0 Å². The molecule has 1 fully saturated rings. The van der Waals surface area contributed by atoms with Crippen LogP contribution in [0.2, 0.25) is 0 Å². The first-order valence-electron chi connectivity index (χ1n) is 8.87. The summed E-state index contributed by atoms with van der Waals surface area (Å²) in [6.07, 6.45) is 3.64. The van der Waals surface area contributed by atoms with Crippen LogP contribution in [0, 0.1) is 0 Å². The van der Waals surface area contributed by atoms with E-state index < -0.39 is 11.7 Å². The number of nitrogens with zero attached hydrogens (tertiary/aromatic N) is 3. The second kappa shape index (κ2) is 6.75. The van der Waals surface area contributed by atoms with Crippen molar-refractivity contribution >= 4 is 11.6 Å². The Hall–Kier alpha value is -2.77. The molecule has 1 saturated heterocycles. The number of piperidine rings is 1. The highest BCUT2D eigenvalue weighted by molar-refractivity contribution is 6.43. The Morgan fingerprint density at radius 3 is 2.67 bits per heavy atom. The zero-order valence-electron chi connectivity index (χ0n) is 14.5. The lowest BCUT2D eigenvalue weighted by Gasteiger charge is -2.34. The molecule has 0 aromatic heterocycles. The third-order valence-corrected chi connectivity index (χ3v) is 5.15. The summed E-state index contributed by atoms with van der Waals surface area (Å²) in [6.45, 7) is 0.833. The fraction of sp³-hybridized carbons (Fsp3) is 0.368. The lowest BCUT2D eigenvalue weighted by Crippen LogP contribution is -2.43. The van der Waals surface area contributed by atoms with Crippen molar-refractivity contribution in [2.75, 3.05) is 13.1 Å². The van der Waals surface area contributed by atoms with Crippen molar-refractivity contribution in [3.05, 3.63) is 59.9 Å². The standard InChI is InChI=1S/C19H19F3N4O/c20-19(21,22)15-4-2-1-3-14(15)13-7-10-25(11-8-13)18(27)16-5-6-17-23-9-12-26(17)24-16/h1-6,9,12-13,17,23H,7-8,10-11H2. The molecule has 142 valence electrons. The first-order valence-corrected chi connectivity index (χ1v) is 8.87. The minimum absolute atomic E-state index is 0.0637. The monoisotopic (exact) mass is 376 g/mol. The predicted molar refractivity (Wildman–Crippen MR) is 94.5 cm³/mol. The summed E-state index contributed by atoms with van der Waals surface area (Å²) in [4.78, 5) is 14.4. The Morgan fingerprint density at radius 1 is 1.19 bits per heavy atom. The quantitative estimate of drug-likeness (QED) is 0.863. The molecule has 1 aromatic rings.